The van der Waals surface area contributed by atoms with E-state index in [9.17, 15) is 39.6 Å². The molecular weight excluding hydrogens is 392 g/mol. The quantitative estimate of drug-likeness (QED) is 0.281. The molecule has 0 bridgehead atoms. The number of hydrogen-bond acceptors (Lipinski definition) is 10. The number of esters is 3. The van der Waals surface area contributed by atoms with Crippen LogP contribution in [-0.4, -0.2) is 63.6 Å². The molecule has 158 valence electrons. The summed E-state index contributed by atoms with van der Waals surface area (Å²) in [5, 5.41) is 39.6. The molecule has 0 fully saturated rings. The fourth-order valence-electron chi connectivity index (χ4n) is 3.17. The van der Waals surface area contributed by atoms with Gasteiger partial charge in [0.15, 0.2) is 11.5 Å². The van der Waals surface area contributed by atoms with E-state index in [2.05, 4.69) is 0 Å². The van der Waals surface area contributed by atoms with Crippen molar-refractivity contribution >= 4 is 23.9 Å². The maximum atomic E-state index is 12.4. The third-order valence-electron chi connectivity index (χ3n) is 4.37. The van der Waals surface area contributed by atoms with E-state index in [1.165, 1.54) is 13.8 Å². The average Bonchev–Trinajstić information content (AvgIpc) is 2.65. The number of carboxylic acids is 1. The molecule has 0 spiro atoms. The normalized spacial score (nSPS) is 18.9. The summed E-state index contributed by atoms with van der Waals surface area (Å²) in [5.41, 5.74) is -0.912. The van der Waals surface area contributed by atoms with Crippen LogP contribution in [0.3, 0.4) is 0 Å². The minimum absolute atomic E-state index is 0.0252. The topological polar surface area (TPSA) is 177 Å². The Hall–Kier alpha value is -3.50. The highest BCUT2D eigenvalue weighted by Crippen LogP contribution is 2.49. The van der Waals surface area contributed by atoms with Crippen LogP contribution in [0.15, 0.2) is 6.07 Å². The van der Waals surface area contributed by atoms with E-state index in [-0.39, 0.29) is 13.2 Å². The lowest BCUT2D eigenvalue weighted by molar-refractivity contribution is -0.161. The number of phenols is 3. The van der Waals surface area contributed by atoms with E-state index in [4.69, 9.17) is 14.2 Å². The zero-order valence-electron chi connectivity index (χ0n) is 15.6. The first-order valence-electron chi connectivity index (χ1n) is 8.67. The molecule has 0 unspecified atom stereocenters. The lowest BCUT2D eigenvalue weighted by Gasteiger charge is -2.35. The number of hydrogen-bond donors (Lipinski definition) is 4. The van der Waals surface area contributed by atoms with Gasteiger partial charge in [-0.05, 0) is 19.9 Å². The number of cyclic esters (lactones) is 1. The molecule has 1 heterocycles. The Morgan fingerprint density at radius 1 is 1.10 bits per heavy atom. The van der Waals surface area contributed by atoms with Gasteiger partial charge in [-0.25, -0.2) is 9.59 Å². The monoisotopic (exact) mass is 412 g/mol. The van der Waals surface area contributed by atoms with Crippen molar-refractivity contribution in [3.8, 4) is 17.2 Å². The van der Waals surface area contributed by atoms with Gasteiger partial charge in [0, 0.05) is 5.56 Å². The number of aliphatic carboxylic acids is 1. The predicted octanol–water partition coefficient (Wildman–Crippen LogP) is 0.643. The summed E-state index contributed by atoms with van der Waals surface area (Å²) in [4.78, 5) is 48.5. The summed E-state index contributed by atoms with van der Waals surface area (Å²) in [6.45, 7) is 2.84. The van der Waals surface area contributed by atoms with Crippen molar-refractivity contribution in [1.82, 2.24) is 0 Å². The van der Waals surface area contributed by atoms with E-state index in [1.807, 2.05) is 0 Å². The van der Waals surface area contributed by atoms with Crippen molar-refractivity contribution in [1.29, 1.82) is 0 Å². The molecule has 0 radical (unpaired) electrons. The Morgan fingerprint density at radius 2 is 1.72 bits per heavy atom. The average molecular weight is 412 g/mol. The largest absolute Gasteiger partial charge is 0.504 e. The number of carboxylic acid groups (broad SMARTS) is 1. The standard InChI is InChI=1S/C18H20O11/c1-3-27-10(20)6-7(16(23)24)12-11-8(5-9(19)13(21)14(11)22)17(25)29-15(12)18(26)28-4-2/h5,7,12,15,19,21-22H,3-4,6H2,1-2H3,(H,23,24)/t7-,12+,15+/m1/s1. The molecule has 1 aliphatic heterocycles. The molecule has 1 aromatic carbocycles. The summed E-state index contributed by atoms with van der Waals surface area (Å²) >= 11 is 0. The molecule has 2 rings (SSSR count). The molecule has 11 nitrogen and oxygen atoms in total. The molecule has 3 atom stereocenters. The highest BCUT2D eigenvalue weighted by molar-refractivity contribution is 5.98. The van der Waals surface area contributed by atoms with Gasteiger partial charge in [0.1, 0.15) is 0 Å². The summed E-state index contributed by atoms with van der Waals surface area (Å²) in [7, 11) is 0. The van der Waals surface area contributed by atoms with Crippen molar-refractivity contribution in [3.63, 3.8) is 0 Å². The predicted molar refractivity (Wildman–Crippen MR) is 92.4 cm³/mol. The van der Waals surface area contributed by atoms with Crippen LogP contribution in [0, 0.1) is 5.92 Å². The van der Waals surface area contributed by atoms with Crippen LogP contribution in [0.25, 0.3) is 0 Å². The highest BCUT2D eigenvalue weighted by Gasteiger charge is 2.50. The first-order valence-corrected chi connectivity index (χ1v) is 8.67. The molecule has 0 aliphatic carbocycles. The van der Waals surface area contributed by atoms with Gasteiger partial charge in [-0.2, -0.15) is 0 Å². The Balaban J connectivity index is 2.69. The Labute approximate surface area is 164 Å². The first kappa shape index (κ1) is 21.8. The zero-order valence-corrected chi connectivity index (χ0v) is 15.6. The van der Waals surface area contributed by atoms with Crippen LogP contribution in [0.1, 0.15) is 42.1 Å². The maximum Gasteiger partial charge on any atom is 0.348 e. The van der Waals surface area contributed by atoms with Crippen molar-refractivity contribution in [3.05, 3.63) is 17.2 Å². The first-order chi connectivity index (χ1) is 13.6. The van der Waals surface area contributed by atoms with E-state index in [1.54, 1.807) is 0 Å². The van der Waals surface area contributed by atoms with Gasteiger partial charge in [0.25, 0.3) is 0 Å². The van der Waals surface area contributed by atoms with Crippen LogP contribution >= 0.6 is 0 Å². The second-order valence-electron chi connectivity index (χ2n) is 6.11. The summed E-state index contributed by atoms with van der Waals surface area (Å²) in [5.74, 6) is -10.9. The van der Waals surface area contributed by atoms with E-state index < -0.39 is 76.6 Å². The van der Waals surface area contributed by atoms with Gasteiger partial charge in [-0.1, -0.05) is 0 Å². The maximum absolute atomic E-state index is 12.4. The second kappa shape index (κ2) is 8.67. The minimum Gasteiger partial charge on any atom is -0.504 e. The molecule has 0 saturated heterocycles. The van der Waals surface area contributed by atoms with E-state index in [0.29, 0.717) is 0 Å². The fraction of sp³-hybridized carbons (Fsp3) is 0.444. The molecule has 1 aliphatic rings. The van der Waals surface area contributed by atoms with Gasteiger partial charge < -0.3 is 34.6 Å². The number of phenolic OH excluding ortho intramolecular Hbond substituents is 3. The molecule has 1 aromatic rings. The van der Waals surface area contributed by atoms with E-state index in [0.717, 1.165) is 6.07 Å². The molecule has 11 heteroatoms. The van der Waals surface area contributed by atoms with Crippen molar-refractivity contribution in [2.45, 2.75) is 32.3 Å². The highest BCUT2D eigenvalue weighted by atomic mass is 16.6. The molecule has 0 aromatic heterocycles. The molecule has 4 N–H and O–H groups in total. The number of fused-ring (bicyclic) bond motifs is 1. The molecule has 29 heavy (non-hydrogen) atoms. The lowest BCUT2D eigenvalue weighted by atomic mass is 9.76. The van der Waals surface area contributed by atoms with Gasteiger partial charge in [0.05, 0.1) is 37.0 Å². The minimum atomic E-state index is -1.82. The van der Waals surface area contributed by atoms with Crippen LogP contribution < -0.4 is 0 Å². The van der Waals surface area contributed by atoms with Crippen LogP contribution in [0.5, 0.6) is 17.2 Å². The van der Waals surface area contributed by atoms with Crippen molar-refractivity contribution < 1.29 is 53.8 Å². The number of carbonyl (C=O) groups excluding carboxylic acids is 3. The number of ether oxygens (including phenoxy) is 3. The number of benzene rings is 1. The summed E-state index contributed by atoms with van der Waals surface area (Å²) in [6, 6.07) is 0.768. The summed E-state index contributed by atoms with van der Waals surface area (Å²) in [6.07, 6.45) is -2.54. The van der Waals surface area contributed by atoms with Crippen LogP contribution in [-0.2, 0) is 28.6 Å². The molecule has 0 amide bonds. The number of rotatable bonds is 7. The zero-order chi connectivity index (χ0) is 21.9. The fourth-order valence-corrected chi connectivity index (χ4v) is 3.17. The third kappa shape index (κ3) is 4.18. The van der Waals surface area contributed by atoms with Crippen LogP contribution in [0.4, 0.5) is 0 Å². The van der Waals surface area contributed by atoms with Gasteiger partial charge >= 0.3 is 23.9 Å². The number of aromatic hydroxyl groups is 3. The molecule has 0 saturated carbocycles. The third-order valence-corrected chi connectivity index (χ3v) is 4.37. The Bertz CT molecular complexity index is 845. The Morgan fingerprint density at radius 3 is 2.28 bits per heavy atom. The van der Waals surface area contributed by atoms with Gasteiger partial charge in [0.2, 0.25) is 11.9 Å². The van der Waals surface area contributed by atoms with Crippen LogP contribution in [0.2, 0.25) is 0 Å². The van der Waals surface area contributed by atoms with E-state index >= 15 is 0 Å². The SMILES string of the molecule is CCOC(=O)C[C@@H](C(=O)O)[C@H]1c2c(cc(O)c(O)c2O)C(=O)O[C@@H]1C(=O)OCC. The molecular formula is C18H20O11. The second-order valence-corrected chi connectivity index (χ2v) is 6.11. The number of carbonyl (C=O) groups is 4. The van der Waals surface area contributed by atoms with Crippen molar-refractivity contribution in [2.75, 3.05) is 13.2 Å². The Kier molecular flexibility index (Phi) is 6.52. The van der Waals surface area contributed by atoms with Gasteiger partial charge in [-0.15, -0.1) is 0 Å². The van der Waals surface area contributed by atoms with Gasteiger partial charge in [-0.3, -0.25) is 9.59 Å². The summed E-state index contributed by atoms with van der Waals surface area (Å²) < 4.78 is 14.6. The lowest BCUT2D eigenvalue weighted by Crippen LogP contribution is -2.44. The smallest absolute Gasteiger partial charge is 0.348 e. The van der Waals surface area contributed by atoms with Crippen molar-refractivity contribution in [2.24, 2.45) is 5.92 Å².